The third kappa shape index (κ3) is 3.22. The van der Waals surface area contributed by atoms with Gasteiger partial charge in [0.05, 0.1) is 0 Å². The first-order chi connectivity index (χ1) is 7.72. The normalized spacial score (nSPS) is 19.4. The Balaban J connectivity index is 0.00000162. The van der Waals surface area contributed by atoms with Gasteiger partial charge in [-0.1, -0.05) is 0 Å². The van der Waals surface area contributed by atoms with Crippen LogP contribution in [0.2, 0.25) is 10.5 Å². The zero-order valence-corrected chi connectivity index (χ0v) is 17.3. The molecule has 0 bridgehead atoms. The van der Waals surface area contributed by atoms with E-state index in [9.17, 15) is 0 Å². The first-order valence-electron chi connectivity index (χ1n) is 6.53. The van der Waals surface area contributed by atoms with Gasteiger partial charge in [-0.2, -0.15) is 0 Å². The molecule has 0 saturated carbocycles. The number of rotatable bonds is 2. The molecule has 2 aliphatic carbocycles. The maximum Gasteiger partial charge on any atom is -0.147 e. The molecule has 2 rings (SSSR count). The maximum absolute atomic E-state index is 2.60. The average molecular weight is 353 g/mol. The number of hydrogen-bond donors (Lipinski definition) is 0. The molecule has 0 saturated heterocycles. The summed E-state index contributed by atoms with van der Waals surface area (Å²) in [6.45, 7) is 6.94. The van der Waals surface area contributed by atoms with Crippen LogP contribution in [-0.4, -0.2) is 7.63 Å². The van der Waals surface area contributed by atoms with Crippen LogP contribution in [0, 0.1) is 0 Å². The second-order valence-corrected chi connectivity index (χ2v) is 25.8. The van der Waals surface area contributed by atoms with Crippen LogP contribution in [0.5, 0.6) is 0 Å². The van der Waals surface area contributed by atoms with Crippen LogP contribution >= 0.6 is 24.8 Å². The van der Waals surface area contributed by atoms with E-state index in [0.717, 1.165) is 0 Å². The van der Waals surface area contributed by atoms with Crippen LogP contribution in [0.25, 0.3) is 0 Å². The fourth-order valence-corrected chi connectivity index (χ4v) is 12.2. The number of halogens is 2. The van der Waals surface area contributed by atoms with Crippen LogP contribution in [0.15, 0.2) is 42.7 Å². The molecule has 108 valence electrons. The van der Waals surface area contributed by atoms with Gasteiger partial charge in [0.2, 0.25) is 0 Å². The zero-order valence-electron chi connectivity index (χ0n) is 12.7. The van der Waals surface area contributed by atoms with E-state index >= 15 is 0 Å². The summed E-state index contributed by atoms with van der Waals surface area (Å²) in [7, 11) is 2.34. The number of allylic oxidation sites excluding steroid dienone is 8. The summed E-state index contributed by atoms with van der Waals surface area (Å²) in [5.41, 5.74) is 4.75. The predicted molar refractivity (Wildman–Crippen MR) is 92.3 cm³/mol. The van der Waals surface area contributed by atoms with Crippen LogP contribution in [0.1, 0.15) is 33.6 Å². The van der Waals surface area contributed by atoms with Crippen molar-refractivity contribution in [3.8, 4) is 0 Å². The van der Waals surface area contributed by atoms with Crippen molar-refractivity contribution in [2.24, 2.45) is 0 Å². The molecule has 0 N–H and O–H groups in total. The molecular formula is C15H26Cl2SiTi. The van der Waals surface area contributed by atoms with E-state index < -0.39 is 14.0 Å². The van der Waals surface area contributed by atoms with E-state index in [4.69, 9.17) is 0 Å². The molecule has 0 fully saturated rings. The minimum Gasteiger partial charge on any atom is -0.147 e. The predicted octanol–water partition coefficient (Wildman–Crippen LogP) is 5.02. The molecule has 0 atom stereocenters. The van der Waals surface area contributed by atoms with Gasteiger partial charge in [-0.05, 0) is 0 Å². The van der Waals surface area contributed by atoms with Gasteiger partial charge in [0.15, 0.2) is 0 Å². The quantitative estimate of drug-likeness (QED) is 0.612. The molecule has 4 heteroatoms. The van der Waals surface area contributed by atoms with E-state index in [1.165, 1.54) is 12.8 Å². The smallest absolute Gasteiger partial charge is 0.147 e. The minimum absolute atomic E-state index is 0. The second-order valence-electron chi connectivity index (χ2n) is 6.70. The van der Waals surface area contributed by atoms with Crippen molar-refractivity contribution in [1.82, 2.24) is 0 Å². The molecule has 0 heterocycles. The van der Waals surface area contributed by atoms with Crippen molar-refractivity contribution in [2.75, 3.05) is 0 Å². The van der Waals surface area contributed by atoms with E-state index in [2.05, 4.69) is 57.1 Å². The van der Waals surface area contributed by atoms with Gasteiger partial charge in [-0.15, -0.1) is 24.8 Å². The minimum atomic E-state index is -2.55. The van der Waals surface area contributed by atoms with Crippen molar-refractivity contribution in [3.05, 3.63) is 42.7 Å². The molecule has 0 aromatic heterocycles. The molecule has 0 unspecified atom stereocenters. The summed E-state index contributed by atoms with van der Waals surface area (Å²) in [6, 6.07) is 0. The Morgan fingerprint density at radius 3 is 2.00 bits per heavy atom. The van der Waals surface area contributed by atoms with Gasteiger partial charge >= 0.3 is 108 Å². The summed E-state index contributed by atoms with van der Waals surface area (Å²) in [4.78, 5) is 0. The largest absolute Gasteiger partial charge is 0.147 e. The molecule has 0 nitrogen and oxygen atoms in total. The van der Waals surface area contributed by atoms with E-state index in [1.54, 1.807) is 20.6 Å². The van der Waals surface area contributed by atoms with Gasteiger partial charge in [0, 0.05) is 0 Å². The summed E-state index contributed by atoms with van der Waals surface area (Å²) in [5, 5.41) is 5.19. The van der Waals surface area contributed by atoms with Crippen molar-refractivity contribution >= 4 is 32.4 Å². The SMILES string of the molecule is CC1=C(C)C(C)=[C]([Ti]([CH3])([CH3])(=[SiH2])[C]2=CC=CC2)C1.Cl.Cl. The van der Waals surface area contributed by atoms with Crippen LogP contribution in [0.3, 0.4) is 0 Å². The van der Waals surface area contributed by atoms with Crippen molar-refractivity contribution in [1.29, 1.82) is 0 Å². The Morgan fingerprint density at radius 1 is 1.05 bits per heavy atom. The second kappa shape index (κ2) is 6.07. The Morgan fingerprint density at radius 2 is 1.63 bits per heavy atom. The first-order valence-corrected chi connectivity index (χ1v) is 15.2. The molecule has 0 spiro atoms. The van der Waals surface area contributed by atoms with Crippen LogP contribution < -0.4 is 0 Å². The summed E-state index contributed by atoms with van der Waals surface area (Å²) < 4.78 is 3.56. The third-order valence-electron chi connectivity index (χ3n) is 4.87. The zero-order chi connectivity index (χ0) is 12.9. The molecule has 0 aromatic rings. The first kappa shape index (κ1) is 19.5. The molecule has 0 amide bonds. The third-order valence-corrected chi connectivity index (χ3v) is 16.2. The maximum atomic E-state index is 2.60. The standard InChI is InChI=1S/C8H11.C5H5.2CH3.2ClH.H2Si.Ti/c1-6-4-5-7(2)8(6)3;1-2-4-5-3-1;;;;;;/h4H2,1-3H3;1-3H,4H2;2*1H3;2*1H;1H2;. The van der Waals surface area contributed by atoms with Crippen LogP contribution in [-0.2, 0) is 14.0 Å². The average Bonchev–Trinajstić information content (AvgIpc) is 2.83. The molecular weight excluding hydrogens is 327 g/mol. The van der Waals surface area contributed by atoms with E-state index in [-0.39, 0.29) is 24.8 Å². The number of hydrogen-bond acceptors (Lipinski definition) is 0. The topological polar surface area (TPSA) is 0 Å². The summed E-state index contributed by atoms with van der Waals surface area (Å²) in [6.07, 6.45) is 9.40. The Bertz CT molecular complexity index is 571. The Hall–Kier alpha value is 0.471. The molecule has 19 heavy (non-hydrogen) atoms. The Labute approximate surface area is 132 Å². The van der Waals surface area contributed by atoms with Crippen LogP contribution in [0.4, 0.5) is 0 Å². The molecule has 0 radical (unpaired) electrons. The fraction of sp³-hybridized carbons (Fsp3) is 0.467. The summed E-state index contributed by atoms with van der Waals surface area (Å²) in [5.74, 6) is 0. The van der Waals surface area contributed by atoms with E-state index in [0.29, 0.717) is 0 Å². The molecule has 0 aliphatic heterocycles. The van der Waals surface area contributed by atoms with Crippen molar-refractivity contribution < 1.29 is 14.0 Å². The molecule has 0 aromatic carbocycles. The van der Waals surface area contributed by atoms with Crippen molar-refractivity contribution in [3.63, 3.8) is 0 Å². The van der Waals surface area contributed by atoms with Gasteiger partial charge in [-0.3, -0.25) is 0 Å². The summed E-state index contributed by atoms with van der Waals surface area (Å²) >= 11 is -2.55. The monoisotopic (exact) mass is 352 g/mol. The van der Waals surface area contributed by atoms with Gasteiger partial charge in [-0.25, -0.2) is 0 Å². The van der Waals surface area contributed by atoms with Gasteiger partial charge in [0.1, 0.15) is 0 Å². The van der Waals surface area contributed by atoms with E-state index in [1.807, 2.05) is 3.88 Å². The Kier molecular flexibility index (Phi) is 6.22. The molecule has 2 aliphatic rings. The fourth-order valence-electron chi connectivity index (χ4n) is 3.20. The van der Waals surface area contributed by atoms with Gasteiger partial charge in [0.25, 0.3) is 0 Å². The van der Waals surface area contributed by atoms with Crippen molar-refractivity contribution in [2.45, 2.75) is 44.1 Å². The van der Waals surface area contributed by atoms with Gasteiger partial charge < -0.3 is 0 Å².